The van der Waals surface area contributed by atoms with E-state index in [2.05, 4.69) is 13.0 Å². The number of hydrogen-bond acceptors (Lipinski definition) is 6. The third kappa shape index (κ3) is 3.32. The molecule has 1 aliphatic rings. The lowest BCUT2D eigenvalue weighted by Crippen LogP contribution is -2.26. The van der Waals surface area contributed by atoms with E-state index in [1.54, 1.807) is 18.2 Å². The van der Waals surface area contributed by atoms with Crippen LogP contribution in [0.5, 0.6) is 11.5 Å². The van der Waals surface area contributed by atoms with Crippen LogP contribution in [-0.4, -0.2) is 6.61 Å². The highest BCUT2D eigenvalue weighted by molar-refractivity contribution is 5.86. The van der Waals surface area contributed by atoms with Crippen molar-refractivity contribution in [3.05, 3.63) is 81.5 Å². The van der Waals surface area contributed by atoms with Crippen LogP contribution in [0.4, 0.5) is 0 Å². The molecule has 0 bridgehead atoms. The molecule has 0 radical (unpaired) electrons. The molecule has 146 valence electrons. The highest BCUT2D eigenvalue weighted by atomic mass is 16.5. The van der Waals surface area contributed by atoms with E-state index in [-0.39, 0.29) is 17.0 Å². The molecule has 0 spiro atoms. The second kappa shape index (κ2) is 7.72. The van der Waals surface area contributed by atoms with Gasteiger partial charge in [0.1, 0.15) is 23.0 Å². The average Bonchev–Trinajstić information content (AvgIpc) is 2.74. The van der Waals surface area contributed by atoms with E-state index < -0.39 is 11.5 Å². The fraction of sp³-hybridized carbons (Fsp3) is 0.217. The Morgan fingerprint density at radius 2 is 1.93 bits per heavy atom. The number of unbranched alkanes of at least 4 members (excludes halogenated alkanes) is 1. The lowest BCUT2D eigenvalue weighted by Gasteiger charge is -2.26. The van der Waals surface area contributed by atoms with E-state index in [0.29, 0.717) is 23.3 Å². The van der Waals surface area contributed by atoms with E-state index in [0.717, 1.165) is 24.2 Å². The quantitative estimate of drug-likeness (QED) is 0.520. The Bertz CT molecular complexity index is 1190. The molecule has 2 aromatic carbocycles. The first kappa shape index (κ1) is 18.6. The van der Waals surface area contributed by atoms with Gasteiger partial charge in [-0.1, -0.05) is 37.6 Å². The molecule has 4 rings (SSSR count). The van der Waals surface area contributed by atoms with Crippen molar-refractivity contribution in [2.24, 2.45) is 5.73 Å². The number of hydrogen-bond donors (Lipinski definition) is 1. The lowest BCUT2D eigenvalue weighted by molar-refractivity contribution is 0.309. The summed E-state index contributed by atoms with van der Waals surface area (Å²) in [4.78, 5) is 12.8. The molecular weight excluding hydrogens is 368 g/mol. The second-order valence-electron chi connectivity index (χ2n) is 6.82. The van der Waals surface area contributed by atoms with Crippen LogP contribution >= 0.6 is 0 Å². The second-order valence-corrected chi connectivity index (χ2v) is 6.82. The first-order valence-corrected chi connectivity index (χ1v) is 9.50. The van der Waals surface area contributed by atoms with E-state index in [1.807, 2.05) is 30.3 Å². The average molecular weight is 388 g/mol. The summed E-state index contributed by atoms with van der Waals surface area (Å²) in [6, 6.07) is 16.5. The molecule has 6 heteroatoms. The van der Waals surface area contributed by atoms with Gasteiger partial charge in [-0.3, -0.25) is 0 Å². The standard InChI is InChI=1S/C23H20N2O4/c1-2-3-12-27-15-10-8-14(9-11-15)19-17(13-24)22(25)29-21-16-6-4-5-7-18(16)28-23(26)20(19)21/h4-11,19H,2-3,12,25H2,1H3/t19-/m0/s1. The van der Waals surface area contributed by atoms with E-state index >= 15 is 0 Å². The molecule has 0 unspecified atom stereocenters. The zero-order chi connectivity index (χ0) is 20.4. The number of allylic oxidation sites excluding steroid dienone is 1. The van der Waals surface area contributed by atoms with E-state index in [9.17, 15) is 10.1 Å². The fourth-order valence-electron chi connectivity index (χ4n) is 3.49. The van der Waals surface area contributed by atoms with Crippen molar-refractivity contribution < 1.29 is 13.9 Å². The van der Waals surface area contributed by atoms with Gasteiger partial charge in [0, 0.05) is 0 Å². The Morgan fingerprint density at radius 1 is 1.17 bits per heavy atom. The van der Waals surface area contributed by atoms with Gasteiger partial charge in [-0.2, -0.15) is 5.26 Å². The van der Waals surface area contributed by atoms with Crippen LogP contribution in [0.1, 0.15) is 36.8 Å². The number of nitrogens with two attached hydrogens (primary N) is 1. The summed E-state index contributed by atoms with van der Waals surface area (Å²) in [5.74, 6) is 0.385. The molecule has 1 atom stereocenters. The Morgan fingerprint density at radius 3 is 2.66 bits per heavy atom. The third-order valence-corrected chi connectivity index (χ3v) is 4.95. The molecule has 0 saturated carbocycles. The fourth-order valence-corrected chi connectivity index (χ4v) is 3.49. The minimum atomic E-state index is -0.672. The number of nitriles is 1. The molecule has 6 nitrogen and oxygen atoms in total. The molecular formula is C23H20N2O4. The minimum Gasteiger partial charge on any atom is -0.494 e. The van der Waals surface area contributed by atoms with Crippen LogP contribution in [0.3, 0.4) is 0 Å². The molecule has 0 fully saturated rings. The van der Waals surface area contributed by atoms with Gasteiger partial charge < -0.3 is 19.6 Å². The maximum Gasteiger partial charge on any atom is 0.344 e. The highest BCUT2D eigenvalue weighted by Crippen LogP contribution is 2.43. The predicted octanol–water partition coefficient (Wildman–Crippen LogP) is 4.19. The predicted molar refractivity (Wildman–Crippen MR) is 109 cm³/mol. The SMILES string of the molecule is CCCCOc1ccc([C@H]2C(C#N)=C(N)Oc3c2c(=O)oc2ccccc32)cc1. The normalized spacial score (nSPS) is 15.5. The summed E-state index contributed by atoms with van der Waals surface area (Å²) < 4.78 is 16.9. The maximum atomic E-state index is 12.8. The number of nitrogens with zero attached hydrogens (tertiary/aromatic N) is 1. The zero-order valence-electron chi connectivity index (χ0n) is 16.0. The summed E-state index contributed by atoms with van der Waals surface area (Å²) in [6.45, 7) is 2.74. The minimum absolute atomic E-state index is 0.0102. The van der Waals surface area contributed by atoms with Crippen LogP contribution in [0.15, 0.2) is 69.2 Å². The van der Waals surface area contributed by atoms with Crippen molar-refractivity contribution in [2.45, 2.75) is 25.7 Å². The van der Waals surface area contributed by atoms with Crippen LogP contribution in [0.2, 0.25) is 0 Å². The molecule has 0 saturated heterocycles. The smallest absolute Gasteiger partial charge is 0.344 e. The van der Waals surface area contributed by atoms with E-state index in [1.165, 1.54) is 0 Å². The van der Waals surface area contributed by atoms with Gasteiger partial charge in [0.2, 0.25) is 5.88 Å². The Kier molecular flexibility index (Phi) is 4.96. The van der Waals surface area contributed by atoms with Crippen LogP contribution in [-0.2, 0) is 0 Å². The molecule has 0 amide bonds. The van der Waals surface area contributed by atoms with Crippen molar-refractivity contribution in [1.29, 1.82) is 5.26 Å². The van der Waals surface area contributed by atoms with Crippen LogP contribution in [0.25, 0.3) is 11.0 Å². The number of benzene rings is 2. The number of rotatable bonds is 5. The summed E-state index contributed by atoms with van der Waals surface area (Å²) in [6.07, 6.45) is 2.03. The zero-order valence-corrected chi connectivity index (χ0v) is 16.0. The van der Waals surface area contributed by atoms with Gasteiger partial charge in [-0.25, -0.2) is 4.79 Å². The van der Waals surface area contributed by atoms with Gasteiger partial charge in [0.05, 0.1) is 23.5 Å². The lowest BCUT2D eigenvalue weighted by atomic mass is 9.84. The molecule has 29 heavy (non-hydrogen) atoms. The van der Waals surface area contributed by atoms with Gasteiger partial charge in [0.25, 0.3) is 0 Å². The van der Waals surface area contributed by atoms with Crippen LogP contribution in [0, 0.1) is 11.3 Å². The molecule has 1 aliphatic heterocycles. The summed E-state index contributed by atoms with van der Waals surface area (Å²) >= 11 is 0. The molecule has 2 N–H and O–H groups in total. The van der Waals surface area contributed by atoms with Crippen molar-refractivity contribution in [3.8, 4) is 17.6 Å². The Balaban J connectivity index is 1.84. The first-order chi connectivity index (χ1) is 14.1. The summed E-state index contributed by atoms with van der Waals surface area (Å²) in [7, 11) is 0. The number of para-hydroxylation sites is 1. The van der Waals surface area contributed by atoms with Gasteiger partial charge in [0.15, 0.2) is 5.75 Å². The molecule has 0 aliphatic carbocycles. The topological polar surface area (TPSA) is 98.5 Å². The monoisotopic (exact) mass is 388 g/mol. The first-order valence-electron chi connectivity index (χ1n) is 9.50. The van der Waals surface area contributed by atoms with Crippen molar-refractivity contribution in [3.63, 3.8) is 0 Å². The van der Waals surface area contributed by atoms with Crippen molar-refractivity contribution in [1.82, 2.24) is 0 Å². The molecule has 1 aromatic heterocycles. The molecule has 3 aromatic rings. The summed E-state index contributed by atoms with van der Waals surface area (Å²) in [5, 5.41) is 10.3. The third-order valence-electron chi connectivity index (χ3n) is 4.95. The summed E-state index contributed by atoms with van der Waals surface area (Å²) in [5.41, 5.74) is 7.11. The highest BCUT2D eigenvalue weighted by Gasteiger charge is 2.35. The Labute approximate surface area is 167 Å². The largest absolute Gasteiger partial charge is 0.494 e. The van der Waals surface area contributed by atoms with Crippen molar-refractivity contribution in [2.75, 3.05) is 6.61 Å². The van der Waals surface area contributed by atoms with Crippen molar-refractivity contribution >= 4 is 11.0 Å². The van der Waals surface area contributed by atoms with Gasteiger partial charge in [-0.15, -0.1) is 0 Å². The Hall–Kier alpha value is -3.72. The maximum absolute atomic E-state index is 12.8. The number of ether oxygens (including phenoxy) is 2. The van der Waals surface area contributed by atoms with Gasteiger partial charge >= 0.3 is 5.63 Å². The van der Waals surface area contributed by atoms with Crippen LogP contribution < -0.4 is 20.8 Å². The molecule has 2 heterocycles. The number of fused-ring (bicyclic) bond motifs is 3. The van der Waals surface area contributed by atoms with Gasteiger partial charge in [-0.05, 0) is 36.2 Å². The van der Waals surface area contributed by atoms with E-state index in [4.69, 9.17) is 19.6 Å².